The van der Waals surface area contributed by atoms with E-state index in [9.17, 15) is 14.9 Å². The lowest BCUT2D eigenvalue weighted by Gasteiger charge is -2.09. The second kappa shape index (κ2) is 7.49. The van der Waals surface area contributed by atoms with E-state index in [2.05, 4.69) is 5.32 Å². The van der Waals surface area contributed by atoms with Crippen molar-refractivity contribution in [2.75, 3.05) is 11.1 Å². The molecule has 0 fully saturated rings. The van der Waals surface area contributed by atoms with E-state index in [1.165, 1.54) is 29.0 Å². The standard InChI is InChI=1S/C18H20N2O3S/c1-11-5-6-15(7-12(11)2)24-10-18(21)19-16-8-13(3)14(4)9-17(16)20(22)23/h5-9H,10H2,1-4H3,(H,19,21). The zero-order valence-corrected chi connectivity index (χ0v) is 15.0. The van der Waals surface area contributed by atoms with Crippen molar-refractivity contribution in [2.45, 2.75) is 32.6 Å². The van der Waals surface area contributed by atoms with Crippen molar-refractivity contribution < 1.29 is 9.72 Å². The van der Waals surface area contributed by atoms with Gasteiger partial charge in [-0.1, -0.05) is 6.07 Å². The summed E-state index contributed by atoms with van der Waals surface area (Å²) in [4.78, 5) is 23.8. The van der Waals surface area contributed by atoms with Gasteiger partial charge in [0, 0.05) is 11.0 Å². The SMILES string of the molecule is Cc1ccc(SCC(=O)Nc2cc(C)c(C)cc2[N+](=O)[O-])cc1C. The van der Waals surface area contributed by atoms with Crippen molar-refractivity contribution in [1.82, 2.24) is 0 Å². The van der Waals surface area contributed by atoms with E-state index in [0.717, 1.165) is 16.0 Å². The number of carbonyl (C=O) groups excluding carboxylic acids is 1. The van der Waals surface area contributed by atoms with Crippen molar-refractivity contribution in [3.8, 4) is 0 Å². The number of nitro benzene ring substituents is 1. The maximum Gasteiger partial charge on any atom is 0.293 e. The Morgan fingerprint density at radius 1 is 1.04 bits per heavy atom. The Hall–Kier alpha value is -2.34. The Balaban J connectivity index is 2.08. The monoisotopic (exact) mass is 344 g/mol. The largest absolute Gasteiger partial charge is 0.320 e. The molecule has 2 rings (SSSR count). The number of aryl methyl sites for hydroxylation is 4. The van der Waals surface area contributed by atoms with Crippen LogP contribution >= 0.6 is 11.8 Å². The summed E-state index contributed by atoms with van der Waals surface area (Å²) in [6, 6.07) is 9.15. The second-order valence-corrected chi connectivity index (χ2v) is 6.84. The minimum atomic E-state index is -0.474. The van der Waals surface area contributed by atoms with Gasteiger partial charge in [0.05, 0.1) is 10.7 Å². The van der Waals surface area contributed by atoms with Gasteiger partial charge in [0.1, 0.15) is 5.69 Å². The highest BCUT2D eigenvalue weighted by molar-refractivity contribution is 8.00. The van der Waals surface area contributed by atoms with Crippen LogP contribution in [0.4, 0.5) is 11.4 Å². The molecular weight excluding hydrogens is 324 g/mol. The van der Waals surface area contributed by atoms with E-state index < -0.39 is 4.92 Å². The minimum absolute atomic E-state index is 0.0809. The maximum absolute atomic E-state index is 12.2. The summed E-state index contributed by atoms with van der Waals surface area (Å²) in [7, 11) is 0. The summed E-state index contributed by atoms with van der Waals surface area (Å²) in [5.74, 6) is -0.0587. The molecule has 0 unspecified atom stereocenters. The molecule has 126 valence electrons. The summed E-state index contributed by atoms with van der Waals surface area (Å²) in [6.07, 6.45) is 0. The Morgan fingerprint density at radius 3 is 2.29 bits per heavy atom. The van der Waals surface area contributed by atoms with E-state index in [1.54, 1.807) is 6.07 Å². The van der Waals surface area contributed by atoms with Crippen LogP contribution in [0.1, 0.15) is 22.3 Å². The molecule has 0 aliphatic heterocycles. The van der Waals surface area contributed by atoms with Crippen molar-refractivity contribution in [3.05, 3.63) is 62.7 Å². The van der Waals surface area contributed by atoms with Crippen molar-refractivity contribution in [3.63, 3.8) is 0 Å². The molecule has 0 bridgehead atoms. The Morgan fingerprint density at radius 2 is 1.67 bits per heavy atom. The number of anilines is 1. The normalized spacial score (nSPS) is 10.5. The highest BCUT2D eigenvalue weighted by Crippen LogP contribution is 2.28. The molecule has 1 N–H and O–H groups in total. The zero-order valence-electron chi connectivity index (χ0n) is 14.2. The first kappa shape index (κ1) is 18.0. The van der Waals surface area contributed by atoms with Gasteiger partial charge in [0.15, 0.2) is 0 Å². The van der Waals surface area contributed by atoms with Crippen LogP contribution in [0.15, 0.2) is 35.2 Å². The minimum Gasteiger partial charge on any atom is -0.320 e. The van der Waals surface area contributed by atoms with Gasteiger partial charge in [-0.2, -0.15) is 0 Å². The second-order valence-electron chi connectivity index (χ2n) is 5.79. The third-order valence-corrected chi connectivity index (χ3v) is 4.92. The van der Waals surface area contributed by atoms with Crippen LogP contribution in [0.3, 0.4) is 0 Å². The molecule has 24 heavy (non-hydrogen) atoms. The zero-order chi connectivity index (χ0) is 17.9. The van der Waals surface area contributed by atoms with Crippen molar-refractivity contribution >= 4 is 29.0 Å². The lowest BCUT2D eigenvalue weighted by molar-refractivity contribution is -0.384. The number of amides is 1. The Labute approximate surface area is 145 Å². The van der Waals surface area contributed by atoms with Gasteiger partial charge in [-0.15, -0.1) is 11.8 Å². The molecule has 2 aromatic rings. The molecule has 2 aromatic carbocycles. The summed E-state index contributed by atoms with van der Waals surface area (Å²) in [5, 5.41) is 13.8. The molecule has 0 radical (unpaired) electrons. The number of hydrogen-bond acceptors (Lipinski definition) is 4. The van der Waals surface area contributed by atoms with Gasteiger partial charge >= 0.3 is 0 Å². The first-order valence-corrected chi connectivity index (χ1v) is 8.52. The molecule has 0 aliphatic rings. The average molecular weight is 344 g/mol. The van der Waals surface area contributed by atoms with E-state index in [1.807, 2.05) is 45.9 Å². The molecule has 0 saturated carbocycles. The van der Waals surface area contributed by atoms with Crippen LogP contribution in [0.25, 0.3) is 0 Å². The lowest BCUT2D eigenvalue weighted by atomic mass is 10.1. The van der Waals surface area contributed by atoms with Gasteiger partial charge in [0.2, 0.25) is 5.91 Å². The van der Waals surface area contributed by atoms with E-state index >= 15 is 0 Å². The number of thioether (sulfide) groups is 1. The first-order valence-electron chi connectivity index (χ1n) is 7.53. The number of rotatable bonds is 5. The van der Waals surface area contributed by atoms with Gasteiger partial charge in [-0.25, -0.2) is 0 Å². The maximum atomic E-state index is 12.2. The average Bonchev–Trinajstić information content (AvgIpc) is 2.51. The number of nitrogens with one attached hydrogen (secondary N) is 1. The fraction of sp³-hybridized carbons (Fsp3) is 0.278. The first-order chi connectivity index (χ1) is 11.3. The summed E-state index contributed by atoms with van der Waals surface area (Å²) in [5.41, 5.74) is 4.26. The van der Waals surface area contributed by atoms with E-state index in [-0.39, 0.29) is 23.0 Å². The molecule has 0 aliphatic carbocycles. The number of carbonyl (C=O) groups is 1. The molecule has 0 aromatic heterocycles. The van der Waals surface area contributed by atoms with Crippen LogP contribution in [-0.4, -0.2) is 16.6 Å². The molecule has 0 spiro atoms. The van der Waals surface area contributed by atoms with Crippen molar-refractivity contribution in [2.24, 2.45) is 0 Å². The number of nitro groups is 1. The topological polar surface area (TPSA) is 72.2 Å². The van der Waals surface area contributed by atoms with Crippen LogP contribution in [0.5, 0.6) is 0 Å². The lowest BCUT2D eigenvalue weighted by Crippen LogP contribution is -2.15. The Bertz CT molecular complexity index is 803. The van der Waals surface area contributed by atoms with Gasteiger partial charge < -0.3 is 5.32 Å². The van der Waals surface area contributed by atoms with E-state index in [0.29, 0.717) is 0 Å². The molecule has 1 amide bonds. The predicted molar refractivity (Wildman–Crippen MR) is 97.8 cm³/mol. The fourth-order valence-electron chi connectivity index (χ4n) is 2.19. The van der Waals surface area contributed by atoms with Gasteiger partial charge in [-0.3, -0.25) is 14.9 Å². The van der Waals surface area contributed by atoms with Crippen LogP contribution in [-0.2, 0) is 4.79 Å². The van der Waals surface area contributed by atoms with Crippen LogP contribution in [0.2, 0.25) is 0 Å². The Kier molecular flexibility index (Phi) is 5.62. The summed E-state index contributed by atoms with van der Waals surface area (Å²) < 4.78 is 0. The smallest absolute Gasteiger partial charge is 0.293 e. The number of benzene rings is 2. The predicted octanol–water partition coefficient (Wildman–Crippen LogP) is 4.56. The van der Waals surface area contributed by atoms with Crippen molar-refractivity contribution in [1.29, 1.82) is 0 Å². The van der Waals surface area contributed by atoms with Gasteiger partial charge in [0.25, 0.3) is 5.69 Å². The third kappa shape index (κ3) is 4.35. The highest BCUT2D eigenvalue weighted by atomic mass is 32.2. The van der Waals surface area contributed by atoms with Crippen LogP contribution in [0, 0.1) is 37.8 Å². The summed E-state index contributed by atoms with van der Waals surface area (Å²) >= 11 is 1.41. The molecule has 0 heterocycles. The number of nitrogens with zero attached hydrogens (tertiary/aromatic N) is 1. The number of hydrogen-bond donors (Lipinski definition) is 1. The molecule has 0 atom stereocenters. The molecular formula is C18H20N2O3S. The summed E-state index contributed by atoms with van der Waals surface area (Å²) in [6.45, 7) is 7.73. The highest BCUT2D eigenvalue weighted by Gasteiger charge is 2.17. The van der Waals surface area contributed by atoms with E-state index in [4.69, 9.17) is 0 Å². The van der Waals surface area contributed by atoms with Gasteiger partial charge in [-0.05, 0) is 68.1 Å². The molecule has 0 saturated heterocycles. The molecule has 6 heteroatoms. The quantitative estimate of drug-likeness (QED) is 0.490. The molecule has 5 nitrogen and oxygen atoms in total. The third-order valence-electron chi connectivity index (χ3n) is 3.93. The van der Waals surface area contributed by atoms with Crippen LogP contribution < -0.4 is 5.32 Å². The fourth-order valence-corrected chi connectivity index (χ4v) is 2.99.